The summed E-state index contributed by atoms with van der Waals surface area (Å²) < 4.78 is 0. The van der Waals surface area contributed by atoms with E-state index in [2.05, 4.69) is 71.7 Å². The summed E-state index contributed by atoms with van der Waals surface area (Å²) in [5.41, 5.74) is 4.68. The number of hydrogen-bond donors (Lipinski definition) is 0. The monoisotopic (exact) mass is 275 g/mol. The molecule has 1 aromatic rings. The highest BCUT2D eigenvalue weighted by molar-refractivity contribution is 5.36. The van der Waals surface area contributed by atoms with Crippen LogP contribution in [0.4, 0.5) is 0 Å². The van der Waals surface area contributed by atoms with E-state index in [9.17, 15) is 0 Å². The summed E-state index contributed by atoms with van der Waals surface area (Å²) in [6.45, 7) is 14.8. The fourth-order valence-electron chi connectivity index (χ4n) is 2.72. The second kappa shape index (κ2) is 7.26. The Balaban J connectivity index is 2.96. The van der Waals surface area contributed by atoms with Crippen molar-refractivity contribution in [3.8, 4) is 0 Å². The number of nitrogens with zero attached hydrogens (tertiary/aromatic N) is 1. The van der Waals surface area contributed by atoms with Crippen LogP contribution >= 0.6 is 0 Å². The summed E-state index contributed by atoms with van der Waals surface area (Å²) in [6, 6.07) is 7.61. The third-order valence-electron chi connectivity index (χ3n) is 4.50. The van der Waals surface area contributed by atoms with E-state index in [-0.39, 0.29) is 5.41 Å². The maximum Gasteiger partial charge on any atom is 0.0233 e. The van der Waals surface area contributed by atoms with Crippen LogP contribution in [0, 0.1) is 6.92 Å². The smallest absolute Gasteiger partial charge is 0.0233 e. The molecule has 0 radical (unpaired) electrons. The maximum atomic E-state index is 2.43. The molecule has 114 valence electrons. The van der Waals surface area contributed by atoms with E-state index < -0.39 is 0 Å². The van der Waals surface area contributed by atoms with Crippen molar-refractivity contribution < 1.29 is 0 Å². The van der Waals surface area contributed by atoms with Gasteiger partial charge in [0, 0.05) is 12.6 Å². The van der Waals surface area contributed by atoms with Crippen molar-refractivity contribution in [3.63, 3.8) is 0 Å². The Morgan fingerprint density at radius 3 is 2.40 bits per heavy atom. The molecule has 0 aliphatic carbocycles. The van der Waals surface area contributed by atoms with Gasteiger partial charge in [-0.15, -0.1) is 0 Å². The van der Waals surface area contributed by atoms with Crippen LogP contribution in [-0.4, -0.2) is 18.0 Å². The number of hydrogen-bond acceptors (Lipinski definition) is 1. The lowest BCUT2D eigenvalue weighted by atomic mass is 9.77. The van der Waals surface area contributed by atoms with Gasteiger partial charge in [0.2, 0.25) is 0 Å². The van der Waals surface area contributed by atoms with Crippen LogP contribution in [-0.2, 0) is 12.0 Å². The Morgan fingerprint density at radius 2 is 1.85 bits per heavy atom. The quantitative estimate of drug-likeness (QED) is 0.652. The van der Waals surface area contributed by atoms with Gasteiger partial charge in [-0.25, -0.2) is 0 Å². The van der Waals surface area contributed by atoms with Gasteiger partial charge in [-0.3, -0.25) is 4.90 Å². The van der Waals surface area contributed by atoms with Crippen molar-refractivity contribution in [2.75, 3.05) is 7.05 Å². The van der Waals surface area contributed by atoms with E-state index in [1.807, 2.05) is 0 Å². The average Bonchev–Trinajstić information content (AvgIpc) is 2.38. The molecule has 0 saturated carbocycles. The molecule has 0 aliphatic rings. The third-order valence-corrected chi connectivity index (χ3v) is 4.50. The van der Waals surface area contributed by atoms with Crippen LogP contribution in [0.2, 0.25) is 0 Å². The molecule has 0 aliphatic heterocycles. The number of rotatable bonds is 7. The minimum Gasteiger partial charge on any atom is -0.300 e. The van der Waals surface area contributed by atoms with Gasteiger partial charge in [0.25, 0.3) is 0 Å². The zero-order valence-corrected chi connectivity index (χ0v) is 14.6. The van der Waals surface area contributed by atoms with Crippen molar-refractivity contribution in [1.82, 2.24) is 4.90 Å². The summed E-state index contributed by atoms with van der Waals surface area (Å²) in [4.78, 5) is 2.40. The largest absolute Gasteiger partial charge is 0.300 e. The molecular weight excluding hydrogens is 242 g/mol. The van der Waals surface area contributed by atoms with Crippen molar-refractivity contribution in [2.45, 2.75) is 78.8 Å². The minimum absolute atomic E-state index is 0.284. The van der Waals surface area contributed by atoms with Crippen LogP contribution < -0.4 is 0 Å². The molecule has 20 heavy (non-hydrogen) atoms. The Labute approximate surface area is 126 Å². The molecule has 1 aromatic carbocycles. The SMILES string of the molecule is CCCCC(C)(C)c1cc(CN(C)C(C)C)ccc1C. The van der Waals surface area contributed by atoms with E-state index in [0.29, 0.717) is 6.04 Å². The van der Waals surface area contributed by atoms with Crippen molar-refractivity contribution in [3.05, 3.63) is 34.9 Å². The average molecular weight is 275 g/mol. The second-order valence-corrected chi connectivity index (χ2v) is 7.15. The molecular formula is C19H33N. The summed E-state index contributed by atoms with van der Waals surface area (Å²) in [5.74, 6) is 0. The molecule has 0 fully saturated rings. The van der Waals surface area contributed by atoms with Crippen molar-refractivity contribution >= 4 is 0 Å². The van der Waals surface area contributed by atoms with E-state index in [4.69, 9.17) is 0 Å². The Morgan fingerprint density at radius 1 is 1.20 bits per heavy atom. The lowest BCUT2D eigenvalue weighted by molar-refractivity contribution is 0.265. The Kier molecular flexibility index (Phi) is 6.26. The number of benzene rings is 1. The topological polar surface area (TPSA) is 3.24 Å². The fourth-order valence-corrected chi connectivity index (χ4v) is 2.72. The first-order valence-electron chi connectivity index (χ1n) is 8.08. The second-order valence-electron chi connectivity index (χ2n) is 7.15. The number of unbranched alkanes of at least 4 members (excludes halogenated alkanes) is 1. The van der Waals surface area contributed by atoms with Crippen LogP contribution in [0.15, 0.2) is 18.2 Å². The summed E-state index contributed by atoms with van der Waals surface area (Å²) in [5, 5.41) is 0. The first-order valence-corrected chi connectivity index (χ1v) is 8.08. The highest BCUT2D eigenvalue weighted by Gasteiger charge is 2.22. The zero-order valence-electron chi connectivity index (χ0n) is 14.6. The first-order chi connectivity index (χ1) is 9.27. The molecule has 0 spiro atoms. The van der Waals surface area contributed by atoms with E-state index in [1.165, 1.54) is 36.0 Å². The molecule has 1 heteroatoms. The molecule has 1 rings (SSSR count). The molecule has 1 nitrogen and oxygen atoms in total. The Bertz CT molecular complexity index is 418. The molecule has 0 aromatic heterocycles. The van der Waals surface area contributed by atoms with Crippen LogP contribution in [0.3, 0.4) is 0 Å². The number of aryl methyl sites for hydroxylation is 1. The summed E-state index contributed by atoms with van der Waals surface area (Å²) >= 11 is 0. The standard InChI is InChI=1S/C19H33N/c1-8-9-12-19(5,6)18-13-17(11-10-16(18)4)14-20(7)15(2)3/h10-11,13,15H,8-9,12,14H2,1-7H3. The van der Waals surface area contributed by atoms with Gasteiger partial charge in [0.1, 0.15) is 0 Å². The molecule has 0 unspecified atom stereocenters. The van der Waals surface area contributed by atoms with Crippen molar-refractivity contribution in [1.29, 1.82) is 0 Å². The highest BCUT2D eigenvalue weighted by Crippen LogP contribution is 2.32. The molecule has 0 bridgehead atoms. The summed E-state index contributed by atoms with van der Waals surface area (Å²) in [7, 11) is 2.20. The minimum atomic E-state index is 0.284. The van der Waals surface area contributed by atoms with Gasteiger partial charge in [-0.1, -0.05) is 51.8 Å². The molecule has 0 saturated heterocycles. The predicted molar refractivity (Wildman–Crippen MR) is 90.3 cm³/mol. The maximum absolute atomic E-state index is 2.43. The fraction of sp³-hybridized carbons (Fsp3) is 0.684. The lowest BCUT2D eigenvalue weighted by Crippen LogP contribution is -2.26. The van der Waals surface area contributed by atoms with Crippen LogP contribution in [0.25, 0.3) is 0 Å². The Hall–Kier alpha value is -0.820. The van der Waals surface area contributed by atoms with Gasteiger partial charge >= 0.3 is 0 Å². The van der Waals surface area contributed by atoms with Crippen LogP contribution in [0.5, 0.6) is 0 Å². The molecule has 0 N–H and O–H groups in total. The molecule has 0 atom stereocenters. The van der Waals surface area contributed by atoms with E-state index in [1.54, 1.807) is 0 Å². The van der Waals surface area contributed by atoms with Gasteiger partial charge in [-0.05, 0) is 56.3 Å². The van der Waals surface area contributed by atoms with Gasteiger partial charge in [-0.2, -0.15) is 0 Å². The summed E-state index contributed by atoms with van der Waals surface area (Å²) in [6.07, 6.45) is 3.86. The zero-order chi connectivity index (χ0) is 15.3. The normalized spacial score (nSPS) is 12.4. The van der Waals surface area contributed by atoms with Gasteiger partial charge in [0.15, 0.2) is 0 Å². The first kappa shape index (κ1) is 17.2. The third kappa shape index (κ3) is 4.63. The van der Waals surface area contributed by atoms with Gasteiger partial charge in [0.05, 0.1) is 0 Å². The van der Waals surface area contributed by atoms with Crippen LogP contribution in [0.1, 0.15) is 70.6 Å². The van der Waals surface area contributed by atoms with Crippen molar-refractivity contribution in [2.24, 2.45) is 0 Å². The lowest BCUT2D eigenvalue weighted by Gasteiger charge is -2.29. The molecule has 0 amide bonds. The predicted octanol–water partition coefficient (Wildman–Crippen LogP) is 5.30. The van der Waals surface area contributed by atoms with E-state index >= 15 is 0 Å². The van der Waals surface area contributed by atoms with E-state index in [0.717, 1.165) is 6.54 Å². The van der Waals surface area contributed by atoms with Gasteiger partial charge < -0.3 is 0 Å². The molecule has 0 heterocycles. The highest BCUT2D eigenvalue weighted by atomic mass is 15.1.